The predicted octanol–water partition coefficient (Wildman–Crippen LogP) is 1.71. The van der Waals surface area contributed by atoms with Gasteiger partial charge in [0.25, 0.3) is 0 Å². The van der Waals surface area contributed by atoms with Crippen LogP contribution >= 0.6 is 11.8 Å². The summed E-state index contributed by atoms with van der Waals surface area (Å²) < 4.78 is 0. The Bertz CT molecular complexity index is 441. The van der Waals surface area contributed by atoms with Gasteiger partial charge in [0.15, 0.2) is 5.17 Å². The zero-order valence-corrected chi connectivity index (χ0v) is 14.3. The highest BCUT2D eigenvalue weighted by molar-refractivity contribution is 8.14. The van der Waals surface area contributed by atoms with Crippen LogP contribution in [0.2, 0.25) is 0 Å². The van der Waals surface area contributed by atoms with E-state index in [-0.39, 0.29) is 5.91 Å². The standard InChI is InChI=1S/C16H27N3O2S/c1-13-12-17-15(22-13)19-9-7-18(8-10-19)14(20)11-16(21)5-3-2-4-6-16/h13,21H,2-12H2,1H3/t13-/m0/s1. The molecular formula is C16H27N3O2S. The van der Waals surface area contributed by atoms with Crippen LogP contribution in [0.15, 0.2) is 4.99 Å². The highest BCUT2D eigenvalue weighted by Gasteiger charge is 2.34. The summed E-state index contributed by atoms with van der Waals surface area (Å²) in [5.74, 6) is 0.124. The van der Waals surface area contributed by atoms with Gasteiger partial charge in [-0.2, -0.15) is 0 Å². The van der Waals surface area contributed by atoms with Crippen LogP contribution in [0.1, 0.15) is 45.4 Å². The van der Waals surface area contributed by atoms with Crippen molar-refractivity contribution >= 4 is 22.8 Å². The van der Waals surface area contributed by atoms with Gasteiger partial charge in [-0.15, -0.1) is 0 Å². The van der Waals surface area contributed by atoms with Crippen LogP contribution in [0.3, 0.4) is 0 Å². The minimum absolute atomic E-state index is 0.124. The van der Waals surface area contributed by atoms with E-state index in [1.165, 1.54) is 6.42 Å². The third kappa shape index (κ3) is 3.77. The van der Waals surface area contributed by atoms with Gasteiger partial charge in [0.2, 0.25) is 5.91 Å². The van der Waals surface area contributed by atoms with Gasteiger partial charge in [-0.3, -0.25) is 9.79 Å². The molecule has 6 heteroatoms. The van der Waals surface area contributed by atoms with Crippen molar-refractivity contribution in [2.24, 2.45) is 4.99 Å². The van der Waals surface area contributed by atoms with Crippen LogP contribution in [0.4, 0.5) is 0 Å². The van der Waals surface area contributed by atoms with E-state index in [9.17, 15) is 9.90 Å². The third-order valence-electron chi connectivity index (χ3n) is 4.96. The number of piperazine rings is 1. The topological polar surface area (TPSA) is 56.1 Å². The Balaban J connectivity index is 1.47. The summed E-state index contributed by atoms with van der Waals surface area (Å²) in [6.07, 6.45) is 5.15. The normalized spacial score (nSPS) is 28.6. The molecule has 3 rings (SSSR count). The van der Waals surface area contributed by atoms with Crippen molar-refractivity contribution in [1.82, 2.24) is 9.80 Å². The number of carbonyl (C=O) groups is 1. The first-order chi connectivity index (χ1) is 10.6. The number of hydrogen-bond donors (Lipinski definition) is 1. The van der Waals surface area contributed by atoms with Gasteiger partial charge in [-0.1, -0.05) is 37.9 Å². The van der Waals surface area contributed by atoms with Crippen molar-refractivity contribution in [2.75, 3.05) is 32.7 Å². The maximum atomic E-state index is 12.5. The number of thioether (sulfide) groups is 1. The molecule has 124 valence electrons. The van der Waals surface area contributed by atoms with Gasteiger partial charge in [-0.05, 0) is 12.8 Å². The Hall–Kier alpha value is -0.750. The Morgan fingerprint density at radius 1 is 1.27 bits per heavy atom. The predicted molar refractivity (Wildman–Crippen MR) is 90.2 cm³/mol. The molecule has 2 aliphatic heterocycles. The van der Waals surface area contributed by atoms with Crippen molar-refractivity contribution in [1.29, 1.82) is 0 Å². The Kier molecular flexibility index (Phi) is 4.97. The molecule has 1 saturated heterocycles. The first-order valence-electron chi connectivity index (χ1n) is 8.52. The number of aliphatic hydroxyl groups is 1. The van der Waals surface area contributed by atoms with Crippen molar-refractivity contribution < 1.29 is 9.90 Å². The Morgan fingerprint density at radius 2 is 1.95 bits per heavy atom. The molecule has 0 bridgehead atoms. The van der Waals surface area contributed by atoms with Gasteiger partial charge < -0.3 is 14.9 Å². The lowest BCUT2D eigenvalue weighted by Crippen LogP contribution is -2.51. The first-order valence-corrected chi connectivity index (χ1v) is 9.40. The summed E-state index contributed by atoms with van der Waals surface area (Å²) in [4.78, 5) is 21.3. The molecule has 0 aromatic rings. The molecular weight excluding hydrogens is 298 g/mol. The maximum Gasteiger partial charge on any atom is 0.225 e. The van der Waals surface area contributed by atoms with Gasteiger partial charge in [0.1, 0.15) is 0 Å². The molecule has 1 aliphatic carbocycles. The molecule has 0 spiro atoms. The zero-order valence-electron chi connectivity index (χ0n) is 13.5. The molecule has 3 aliphatic rings. The summed E-state index contributed by atoms with van der Waals surface area (Å²) >= 11 is 1.84. The lowest BCUT2D eigenvalue weighted by atomic mass is 9.82. The molecule has 2 heterocycles. The lowest BCUT2D eigenvalue weighted by Gasteiger charge is -2.38. The quantitative estimate of drug-likeness (QED) is 0.840. The van der Waals surface area contributed by atoms with Crippen LogP contribution in [-0.4, -0.2) is 69.6 Å². The van der Waals surface area contributed by atoms with Crippen molar-refractivity contribution in [2.45, 2.75) is 56.3 Å². The number of hydrogen-bond acceptors (Lipinski definition) is 5. The number of aliphatic imine (C=N–C) groups is 1. The van der Waals surface area contributed by atoms with Crippen LogP contribution in [0.5, 0.6) is 0 Å². The lowest BCUT2D eigenvalue weighted by molar-refractivity contribution is -0.139. The van der Waals surface area contributed by atoms with E-state index in [1.54, 1.807) is 0 Å². The van der Waals surface area contributed by atoms with E-state index in [0.717, 1.165) is 63.6 Å². The third-order valence-corrected chi connectivity index (χ3v) is 6.11. The van der Waals surface area contributed by atoms with E-state index in [4.69, 9.17) is 0 Å². The molecule has 0 unspecified atom stereocenters. The maximum absolute atomic E-state index is 12.5. The number of amides is 1. The first kappa shape index (κ1) is 16.1. The minimum atomic E-state index is -0.743. The van der Waals surface area contributed by atoms with Gasteiger partial charge >= 0.3 is 0 Å². The van der Waals surface area contributed by atoms with Gasteiger partial charge in [0, 0.05) is 31.4 Å². The molecule has 1 amide bonds. The second kappa shape index (κ2) is 6.79. The van der Waals surface area contributed by atoms with E-state index < -0.39 is 5.60 Å². The fraction of sp³-hybridized carbons (Fsp3) is 0.875. The molecule has 1 N–H and O–H groups in total. The average molecular weight is 325 g/mol. The second-order valence-corrected chi connectivity index (χ2v) is 8.29. The van der Waals surface area contributed by atoms with E-state index >= 15 is 0 Å². The fourth-order valence-electron chi connectivity index (χ4n) is 3.56. The Labute approximate surface area is 137 Å². The van der Waals surface area contributed by atoms with Crippen molar-refractivity contribution in [3.8, 4) is 0 Å². The molecule has 1 saturated carbocycles. The minimum Gasteiger partial charge on any atom is -0.389 e. The van der Waals surface area contributed by atoms with Crippen LogP contribution < -0.4 is 0 Å². The van der Waals surface area contributed by atoms with Crippen molar-refractivity contribution in [3.05, 3.63) is 0 Å². The monoisotopic (exact) mass is 325 g/mol. The summed E-state index contributed by atoms with van der Waals surface area (Å²) in [6, 6.07) is 0. The summed E-state index contributed by atoms with van der Waals surface area (Å²) in [5.41, 5.74) is -0.743. The summed E-state index contributed by atoms with van der Waals surface area (Å²) in [7, 11) is 0. The molecule has 0 radical (unpaired) electrons. The summed E-state index contributed by atoms with van der Waals surface area (Å²) in [6.45, 7) is 6.34. The van der Waals surface area contributed by atoms with E-state index in [0.29, 0.717) is 11.7 Å². The van der Waals surface area contributed by atoms with E-state index in [1.807, 2.05) is 16.7 Å². The smallest absolute Gasteiger partial charge is 0.225 e. The average Bonchev–Trinajstić information content (AvgIpc) is 2.94. The molecule has 0 aromatic heterocycles. The number of rotatable bonds is 2. The fourth-order valence-corrected chi connectivity index (χ4v) is 4.55. The number of nitrogens with zero attached hydrogens (tertiary/aromatic N) is 3. The van der Waals surface area contributed by atoms with Crippen LogP contribution in [0.25, 0.3) is 0 Å². The molecule has 2 fully saturated rings. The molecule has 22 heavy (non-hydrogen) atoms. The number of carbonyl (C=O) groups excluding carboxylic acids is 1. The zero-order chi connectivity index (χ0) is 15.6. The molecule has 5 nitrogen and oxygen atoms in total. The van der Waals surface area contributed by atoms with Crippen LogP contribution in [-0.2, 0) is 4.79 Å². The highest BCUT2D eigenvalue weighted by Crippen LogP contribution is 2.31. The highest BCUT2D eigenvalue weighted by atomic mass is 32.2. The molecule has 0 aromatic carbocycles. The second-order valence-electron chi connectivity index (χ2n) is 6.88. The largest absolute Gasteiger partial charge is 0.389 e. The SMILES string of the molecule is C[C@H]1CN=C(N2CCN(C(=O)CC3(O)CCCCC3)CC2)S1. The van der Waals surface area contributed by atoms with Crippen LogP contribution in [0, 0.1) is 0 Å². The van der Waals surface area contributed by atoms with E-state index in [2.05, 4.69) is 16.8 Å². The van der Waals surface area contributed by atoms with Crippen molar-refractivity contribution in [3.63, 3.8) is 0 Å². The van der Waals surface area contributed by atoms with Gasteiger partial charge in [0.05, 0.1) is 18.6 Å². The molecule has 1 atom stereocenters. The Morgan fingerprint density at radius 3 is 2.55 bits per heavy atom. The number of amidine groups is 1. The summed E-state index contributed by atoms with van der Waals surface area (Å²) in [5, 5.41) is 12.3. The van der Waals surface area contributed by atoms with Gasteiger partial charge in [-0.25, -0.2) is 0 Å².